The van der Waals surface area contributed by atoms with Crippen molar-refractivity contribution < 1.29 is 27.2 Å². The number of anilines is 2. The predicted octanol–water partition coefficient (Wildman–Crippen LogP) is 6.73. The van der Waals surface area contributed by atoms with Crippen molar-refractivity contribution in [3.63, 3.8) is 0 Å². The summed E-state index contributed by atoms with van der Waals surface area (Å²) >= 11 is 18.7. The highest BCUT2D eigenvalue weighted by atomic mass is 35.5. The fourth-order valence-electron chi connectivity index (χ4n) is 3.59. The van der Waals surface area contributed by atoms with Crippen LogP contribution in [0.1, 0.15) is 33.8 Å². The van der Waals surface area contributed by atoms with Crippen molar-refractivity contribution in [2.75, 3.05) is 10.6 Å². The van der Waals surface area contributed by atoms with E-state index in [1.54, 1.807) is 0 Å². The number of carbonyl (C=O) groups is 2. The second-order valence-electron chi connectivity index (χ2n) is 7.72. The molecule has 3 aromatic rings. The zero-order valence-corrected chi connectivity index (χ0v) is 19.6. The molecule has 0 saturated heterocycles. The maximum atomic E-state index is 13.8. The van der Waals surface area contributed by atoms with Gasteiger partial charge in [-0.3, -0.25) is 9.59 Å². The number of rotatable bonds is 6. The maximum Gasteiger partial charge on any atom is 0.263 e. The Morgan fingerprint density at radius 3 is 2.31 bits per heavy atom. The number of halogens is 7. The van der Waals surface area contributed by atoms with E-state index in [4.69, 9.17) is 34.8 Å². The van der Waals surface area contributed by atoms with Gasteiger partial charge in [0.25, 0.3) is 12.3 Å². The van der Waals surface area contributed by atoms with E-state index in [1.807, 2.05) is 0 Å². The number of alkyl halides is 4. The number of hydrogen-bond donors (Lipinski definition) is 2. The fourth-order valence-corrected chi connectivity index (χ4v) is 4.63. The van der Waals surface area contributed by atoms with Crippen molar-refractivity contribution in [2.24, 2.45) is 5.92 Å². The summed E-state index contributed by atoms with van der Waals surface area (Å²) in [5, 5.41) is 4.76. The van der Waals surface area contributed by atoms with Crippen LogP contribution in [-0.4, -0.2) is 21.1 Å². The summed E-state index contributed by atoms with van der Waals surface area (Å²) in [7, 11) is 0. The first kappa shape index (κ1) is 25.2. The van der Waals surface area contributed by atoms with E-state index in [2.05, 4.69) is 15.6 Å². The standard InChI is InChI=1S/C23H14Cl3F4N3O2/c24-15-6-5-13(8-14(15)21(34)33-20-16(28)7-12(27)9-31-20)32-22(35)18-17(23(18,25)26)10-1-3-11(4-2-10)19(29)30/h1-9,17-19H,(H,32,35)(H,31,33,34). The third kappa shape index (κ3) is 5.22. The van der Waals surface area contributed by atoms with Crippen LogP contribution in [0.5, 0.6) is 0 Å². The van der Waals surface area contributed by atoms with Crippen molar-refractivity contribution in [3.05, 3.63) is 88.1 Å². The molecule has 2 aromatic carbocycles. The lowest BCUT2D eigenvalue weighted by molar-refractivity contribution is -0.117. The highest BCUT2D eigenvalue weighted by Gasteiger charge is 2.67. The van der Waals surface area contributed by atoms with Crippen LogP contribution in [0, 0.1) is 17.6 Å². The highest BCUT2D eigenvalue weighted by Crippen LogP contribution is 2.65. The van der Waals surface area contributed by atoms with Crippen molar-refractivity contribution >= 4 is 58.1 Å². The van der Waals surface area contributed by atoms with Crippen LogP contribution in [0.2, 0.25) is 5.02 Å². The van der Waals surface area contributed by atoms with Crippen LogP contribution in [0.4, 0.5) is 29.1 Å². The second kappa shape index (κ2) is 9.64. The Morgan fingerprint density at radius 1 is 1.00 bits per heavy atom. The molecule has 2 amide bonds. The van der Waals surface area contributed by atoms with Crippen molar-refractivity contribution in [3.8, 4) is 0 Å². The van der Waals surface area contributed by atoms with E-state index < -0.39 is 51.9 Å². The normalized spacial score (nSPS) is 18.3. The number of aromatic nitrogens is 1. The Bertz CT molecular complexity index is 1310. The molecule has 182 valence electrons. The van der Waals surface area contributed by atoms with Gasteiger partial charge >= 0.3 is 0 Å². The molecule has 12 heteroatoms. The van der Waals surface area contributed by atoms with E-state index in [-0.39, 0.29) is 21.8 Å². The molecule has 0 radical (unpaired) electrons. The largest absolute Gasteiger partial charge is 0.326 e. The van der Waals surface area contributed by atoms with E-state index in [0.29, 0.717) is 11.6 Å². The van der Waals surface area contributed by atoms with E-state index in [0.717, 1.165) is 6.20 Å². The van der Waals surface area contributed by atoms with E-state index in [9.17, 15) is 27.2 Å². The summed E-state index contributed by atoms with van der Waals surface area (Å²) in [6, 6.07) is 9.91. The Morgan fingerprint density at radius 2 is 1.69 bits per heavy atom. The summed E-state index contributed by atoms with van der Waals surface area (Å²) in [6.45, 7) is 0. The van der Waals surface area contributed by atoms with Gasteiger partial charge in [0.05, 0.1) is 22.7 Å². The molecule has 2 N–H and O–H groups in total. The van der Waals surface area contributed by atoms with Crippen molar-refractivity contribution in [1.29, 1.82) is 0 Å². The average Bonchev–Trinajstić information content (AvgIpc) is 3.38. The van der Waals surface area contributed by atoms with Gasteiger partial charge in [-0.15, -0.1) is 23.2 Å². The molecule has 0 bridgehead atoms. The van der Waals surface area contributed by atoms with Crippen LogP contribution in [0.15, 0.2) is 54.7 Å². The van der Waals surface area contributed by atoms with Crippen LogP contribution in [0.3, 0.4) is 0 Å². The first-order chi connectivity index (χ1) is 16.5. The second-order valence-corrected chi connectivity index (χ2v) is 9.57. The number of hydrogen-bond acceptors (Lipinski definition) is 3. The van der Waals surface area contributed by atoms with Crippen LogP contribution >= 0.6 is 34.8 Å². The lowest BCUT2D eigenvalue weighted by atomic mass is 10.1. The number of benzene rings is 2. The first-order valence-electron chi connectivity index (χ1n) is 9.97. The molecule has 0 aliphatic heterocycles. The Balaban J connectivity index is 1.49. The SMILES string of the molecule is O=C(Nc1ncc(F)cc1F)c1cc(NC(=O)C2C(c3ccc(C(F)F)cc3)C2(Cl)Cl)ccc1Cl. The van der Waals surface area contributed by atoms with Gasteiger partial charge in [0.2, 0.25) is 5.91 Å². The van der Waals surface area contributed by atoms with Gasteiger partial charge in [0.15, 0.2) is 11.6 Å². The molecule has 4 rings (SSSR count). The predicted molar refractivity (Wildman–Crippen MR) is 124 cm³/mol. The fraction of sp³-hybridized carbons (Fsp3) is 0.174. The molecule has 1 aliphatic rings. The van der Waals surface area contributed by atoms with Gasteiger partial charge in [-0.25, -0.2) is 22.5 Å². The molecule has 1 fully saturated rings. The average molecular weight is 547 g/mol. The highest BCUT2D eigenvalue weighted by molar-refractivity contribution is 6.53. The molecule has 1 aliphatic carbocycles. The minimum absolute atomic E-state index is 0.00419. The summed E-state index contributed by atoms with van der Waals surface area (Å²) in [6.07, 6.45) is -1.90. The summed E-state index contributed by atoms with van der Waals surface area (Å²) in [5.41, 5.74) is 0.394. The minimum atomic E-state index is -2.63. The number of pyridine rings is 1. The molecule has 1 aromatic heterocycles. The molecular weight excluding hydrogens is 533 g/mol. The molecule has 2 unspecified atom stereocenters. The smallest absolute Gasteiger partial charge is 0.263 e. The number of amides is 2. The topological polar surface area (TPSA) is 71.1 Å². The molecular formula is C23H14Cl3F4N3O2. The molecule has 1 saturated carbocycles. The van der Waals surface area contributed by atoms with Gasteiger partial charge in [0.1, 0.15) is 10.2 Å². The van der Waals surface area contributed by atoms with E-state index in [1.165, 1.54) is 42.5 Å². The molecule has 2 atom stereocenters. The lowest BCUT2D eigenvalue weighted by Gasteiger charge is -2.10. The van der Waals surface area contributed by atoms with Crippen LogP contribution < -0.4 is 10.6 Å². The van der Waals surface area contributed by atoms with Gasteiger partial charge in [0, 0.05) is 23.2 Å². The third-order valence-electron chi connectivity index (χ3n) is 5.40. The number of nitrogens with one attached hydrogen (secondary N) is 2. The molecule has 0 spiro atoms. The van der Waals surface area contributed by atoms with Gasteiger partial charge in [-0.1, -0.05) is 35.9 Å². The Labute approximate surface area is 211 Å². The van der Waals surface area contributed by atoms with Crippen LogP contribution in [0.25, 0.3) is 0 Å². The number of carbonyl (C=O) groups excluding carboxylic acids is 2. The maximum absolute atomic E-state index is 13.8. The summed E-state index contributed by atoms with van der Waals surface area (Å²) < 4.78 is 51.0. The van der Waals surface area contributed by atoms with E-state index >= 15 is 0 Å². The minimum Gasteiger partial charge on any atom is -0.326 e. The molecule has 5 nitrogen and oxygen atoms in total. The zero-order valence-electron chi connectivity index (χ0n) is 17.3. The first-order valence-corrected chi connectivity index (χ1v) is 11.1. The monoisotopic (exact) mass is 545 g/mol. The van der Waals surface area contributed by atoms with Gasteiger partial charge < -0.3 is 10.6 Å². The number of nitrogens with zero attached hydrogens (tertiary/aromatic N) is 1. The van der Waals surface area contributed by atoms with Gasteiger partial charge in [-0.2, -0.15) is 0 Å². The molecule has 35 heavy (non-hydrogen) atoms. The third-order valence-corrected chi connectivity index (χ3v) is 6.67. The molecule has 1 heterocycles. The van der Waals surface area contributed by atoms with Crippen molar-refractivity contribution in [2.45, 2.75) is 16.7 Å². The van der Waals surface area contributed by atoms with Crippen molar-refractivity contribution in [1.82, 2.24) is 4.98 Å². The Kier molecular flexibility index (Phi) is 6.95. The lowest BCUT2D eigenvalue weighted by Crippen LogP contribution is -2.18. The van der Waals surface area contributed by atoms with Gasteiger partial charge in [-0.05, 0) is 23.8 Å². The zero-order chi connectivity index (χ0) is 25.5. The quantitative estimate of drug-likeness (QED) is 0.266. The summed E-state index contributed by atoms with van der Waals surface area (Å²) in [5.74, 6) is -5.46. The summed E-state index contributed by atoms with van der Waals surface area (Å²) in [4.78, 5) is 28.9. The Hall–Kier alpha value is -2.88. The van der Waals surface area contributed by atoms with Crippen LogP contribution in [-0.2, 0) is 4.79 Å².